The van der Waals surface area contributed by atoms with Crippen LogP contribution in [-0.2, 0) is 17.8 Å². The molecule has 1 aliphatic rings. The first-order chi connectivity index (χ1) is 14.0. The predicted molar refractivity (Wildman–Crippen MR) is 107 cm³/mol. The highest BCUT2D eigenvalue weighted by Gasteiger charge is 2.30. The smallest absolute Gasteiger partial charge is 0.202 e. The minimum atomic E-state index is -0.909. The molecule has 0 saturated carbocycles. The van der Waals surface area contributed by atoms with Crippen molar-refractivity contribution in [3.8, 4) is 5.06 Å². The predicted octanol–water partition coefficient (Wildman–Crippen LogP) is 4.75. The summed E-state index contributed by atoms with van der Waals surface area (Å²) >= 11 is 1.12. The van der Waals surface area contributed by atoms with Crippen molar-refractivity contribution in [1.82, 2.24) is 0 Å². The van der Waals surface area contributed by atoms with Crippen molar-refractivity contribution >= 4 is 22.1 Å². The number of anilines is 1. The van der Waals surface area contributed by atoms with Crippen LogP contribution in [-0.4, -0.2) is 18.5 Å². The van der Waals surface area contributed by atoms with Crippen LogP contribution < -0.4 is 10.5 Å². The Hall–Kier alpha value is -2.77. The summed E-state index contributed by atoms with van der Waals surface area (Å²) in [5, 5.41) is 0.708. The first kappa shape index (κ1) is 19.5. The largest absolute Gasteiger partial charge is 0.481 e. The first-order valence-electron chi connectivity index (χ1n) is 9.22. The molecule has 0 bridgehead atoms. The lowest BCUT2D eigenvalue weighted by Gasteiger charge is -2.15. The fourth-order valence-corrected chi connectivity index (χ4v) is 4.34. The molecule has 0 amide bonds. The van der Waals surface area contributed by atoms with Crippen molar-refractivity contribution in [2.75, 3.05) is 12.3 Å². The molecular weight excluding hydrogens is 396 g/mol. The standard InChI is InChI=1S/C22H19F2NO3S/c23-16-7-4-8-17(24)19(16)20(26)18-15-10-9-14(12-28-22(15)29-21(18)25)27-11-13-5-2-1-3-6-13/h1-8,14H,9-12,25H2. The summed E-state index contributed by atoms with van der Waals surface area (Å²) < 4.78 is 40.0. The summed E-state index contributed by atoms with van der Waals surface area (Å²) in [5.41, 5.74) is 7.19. The van der Waals surface area contributed by atoms with E-state index in [0.717, 1.165) is 29.0 Å². The molecule has 0 aliphatic carbocycles. The van der Waals surface area contributed by atoms with Gasteiger partial charge in [-0.3, -0.25) is 4.79 Å². The van der Waals surface area contributed by atoms with Crippen molar-refractivity contribution in [3.63, 3.8) is 0 Å². The van der Waals surface area contributed by atoms with Crippen LogP contribution in [0.1, 0.15) is 33.5 Å². The third-order valence-corrected chi connectivity index (χ3v) is 5.83. The van der Waals surface area contributed by atoms with E-state index in [-0.39, 0.29) is 16.7 Å². The average molecular weight is 415 g/mol. The van der Waals surface area contributed by atoms with Gasteiger partial charge in [-0.2, -0.15) is 0 Å². The summed E-state index contributed by atoms with van der Waals surface area (Å²) in [4.78, 5) is 12.9. The molecule has 3 aromatic rings. The van der Waals surface area contributed by atoms with Crippen LogP contribution in [0.25, 0.3) is 0 Å². The number of carbonyl (C=O) groups is 1. The van der Waals surface area contributed by atoms with E-state index in [9.17, 15) is 13.6 Å². The SMILES string of the molecule is Nc1sc2c(c1C(=O)c1c(F)cccc1F)CCC(OCc1ccccc1)CO2. The highest BCUT2D eigenvalue weighted by molar-refractivity contribution is 7.18. The molecule has 4 rings (SSSR count). The molecule has 0 fully saturated rings. The molecule has 1 unspecified atom stereocenters. The van der Waals surface area contributed by atoms with E-state index in [4.69, 9.17) is 15.2 Å². The molecule has 7 heteroatoms. The van der Waals surface area contributed by atoms with Crippen molar-refractivity contribution in [1.29, 1.82) is 0 Å². The van der Waals surface area contributed by atoms with Crippen LogP contribution in [0, 0.1) is 11.6 Å². The van der Waals surface area contributed by atoms with Gasteiger partial charge in [-0.25, -0.2) is 8.78 Å². The van der Waals surface area contributed by atoms with Gasteiger partial charge in [0.2, 0.25) is 5.78 Å². The van der Waals surface area contributed by atoms with E-state index >= 15 is 0 Å². The molecule has 0 radical (unpaired) electrons. The molecule has 1 aromatic heterocycles. The third-order valence-electron chi connectivity index (χ3n) is 4.86. The van der Waals surface area contributed by atoms with Crippen LogP contribution in [0.2, 0.25) is 0 Å². The number of hydrogen-bond acceptors (Lipinski definition) is 5. The Morgan fingerprint density at radius 3 is 2.55 bits per heavy atom. The molecule has 2 heterocycles. The van der Waals surface area contributed by atoms with Gasteiger partial charge in [-0.05, 0) is 30.5 Å². The van der Waals surface area contributed by atoms with Crippen molar-refractivity contribution < 1.29 is 23.0 Å². The minimum absolute atomic E-state index is 0.123. The Labute approximate surface area is 170 Å². The highest BCUT2D eigenvalue weighted by Crippen LogP contribution is 2.41. The number of nitrogens with two attached hydrogens (primary N) is 1. The third kappa shape index (κ3) is 4.02. The van der Waals surface area contributed by atoms with E-state index in [0.29, 0.717) is 36.7 Å². The second-order valence-corrected chi connectivity index (χ2v) is 7.82. The van der Waals surface area contributed by atoms with Gasteiger partial charge >= 0.3 is 0 Å². The fourth-order valence-electron chi connectivity index (χ4n) is 3.37. The van der Waals surface area contributed by atoms with E-state index < -0.39 is 23.0 Å². The lowest BCUT2D eigenvalue weighted by atomic mass is 9.97. The number of fused-ring (bicyclic) bond motifs is 1. The summed E-state index contributed by atoms with van der Waals surface area (Å²) in [7, 11) is 0. The quantitative estimate of drug-likeness (QED) is 0.611. The molecule has 2 aromatic carbocycles. The summed E-state index contributed by atoms with van der Waals surface area (Å²) in [6, 6.07) is 13.1. The summed E-state index contributed by atoms with van der Waals surface area (Å²) in [6.45, 7) is 0.776. The Balaban J connectivity index is 1.53. The fraction of sp³-hybridized carbons (Fsp3) is 0.227. The number of nitrogen functional groups attached to an aromatic ring is 1. The molecule has 150 valence electrons. The zero-order valence-electron chi connectivity index (χ0n) is 15.5. The molecule has 0 spiro atoms. The van der Waals surface area contributed by atoms with Gasteiger partial charge in [0, 0.05) is 5.56 Å². The summed E-state index contributed by atoms with van der Waals surface area (Å²) in [6.07, 6.45) is 0.916. The maximum Gasteiger partial charge on any atom is 0.202 e. The number of thiophene rings is 1. The zero-order valence-corrected chi connectivity index (χ0v) is 16.3. The molecule has 1 atom stereocenters. The second kappa shape index (κ2) is 8.31. The van der Waals surface area contributed by atoms with Gasteiger partial charge in [0.15, 0.2) is 5.06 Å². The lowest BCUT2D eigenvalue weighted by Crippen LogP contribution is -2.20. The van der Waals surface area contributed by atoms with Crippen LogP contribution in [0.15, 0.2) is 48.5 Å². The van der Waals surface area contributed by atoms with Gasteiger partial charge in [-0.15, -0.1) is 0 Å². The Morgan fingerprint density at radius 2 is 1.83 bits per heavy atom. The van der Waals surface area contributed by atoms with E-state index in [1.807, 2.05) is 30.3 Å². The normalized spacial score (nSPS) is 16.0. The van der Waals surface area contributed by atoms with Crippen molar-refractivity contribution in [2.24, 2.45) is 0 Å². The van der Waals surface area contributed by atoms with Crippen LogP contribution >= 0.6 is 11.3 Å². The number of carbonyl (C=O) groups excluding carboxylic acids is 1. The van der Waals surface area contributed by atoms with E-state index in [2.05, 4.69) is 0 Å². The monoisotopic (exact) mass is 415 g/mol. The number of rotatable bonds is 5. The zero-order chi connectivity index (χ0) is 20.4. The topological polar surface area (TPSA) is 61.6 Å². The van der Waals surface area contributed by atoms with Gasteiger partial charge in [-0.1, -0.05) is 47.7 Å². The average Bonchev–Trinajstić information content (AvgIpc) is 2.90. The van der Waals surface area contributed by atoms with Crippen LogP contribution in [0.5, 0.6) is 5.06 Å². The number of ketones is 1. The Kier molecular flexibility index (Phi) is 5.60. The number of benzene rings is 2. The van der Waals surface area contributed by atoms with E-state index in [1.165, 1.54) is 6.07 Å². The number of ether oxygens (including phenoxy) is 2. The molecule has 29 heavy (non-hydrogen) atoms. The second-order valence-electron chi connectivity index (χ2n) is 6.80. The maximum atomic E-state index is 14.1. The van der Waals surface area contributed by atoms with Gasteiger partial charge in [0.1, 0.15) is 23.2 Å². The van der Waals surface area contributed by atoms with Crippen LogP contribution in [0.3, 0.4) is 0 Å². The molecule has 4 nitrogen and oxygen atoms in total. The Bertz CT molecular complexity index is 1020. The molecular formula is C22H19F2NO3S. The molecule has 1 aliphatic heterocycles. The summed E-state index contributed by atoms with van der Waals surface area (Å²) in [5.74, 6) is -2.58. The maximum absolute atomic E-state index is 14.1. The van der Waals surface area contributed by atoms with E-state index in [1.54, 1.807) is 0 Å². The van der Waals surface area contributed by atoms with Crippen molar-refractivity contribution in [2.45, 2.75) is 25.6 Å². The van der Waals surface area contributed by atoms with Gasteiger partial charge in [0.05, 0.1) is 23.8 Å². The van der Waals surface area contributed by atoms with Gasteiger partial charge in [0.25, 0.3) is 0 Å². The first-order valence-corrected chi connectivity index (χ1v) is 10.0. The van der Waals surface area contributed by atoms with Gasteiger partial charge < -0.3 is 15.2 Å². The highest BCUT2D eigenvalue weighted by atomic mass is 32.1. The van der Waals surface area contributed by atoms with Crippen molar-refractivity contribution in [3.05, 3.63) is 82.4 Å². The molecule has 0 saturated heterocycles. The minimum Gasteiger partial charge on any atom is -0.481 e. The van der Waals surface area contributed by atoms with Crippen LogP contribution in [0.4, 0.5) is 13.8 Å². The number of halogens is 2. The molecule has 2 N–H and O–H groups in total. The lowest BCUT2D eigenvalue weighted by molar-refractivity contribution is 0.00944. The Morgan fingerprint density at radius 1 is 1.10 bits per heavy atom. The number of hydrogen-bond donors (Lipinski definition) is 1.